The van der Waals surface area contributed by atoms with Crippen LogP contribution in [0.15, 0.2) is 30.3 Å². The number of benzene rings is 1. The fourth-order valence-corrected chi connectivity index (χ4v) is 0.342. The van der Waals surface area contributed by atoms with Crippen LogP contribution >= 0.6 is 0 Å². The third-order valence-electron chi connectivity index (χ3n) is 0.607. The summed E-state index contributed by atoms with van der Waals surface area (Å²) < 4.78 is 0. The van der Waals surface area contributed by atoms with Crippen molar-refractivity contribution >= 4 is 0 Å². The number of hydrogen-bond acceptors (Lipinski definition) is 0. The Kier molecular flexibility index (Phi) is 4.10. The van der Waals surface area contributed by atoms with Gasteiger partial charge in [-0.05, 0) is 6.07 Å². The molecule has 1 aromatic rings. The Morgan fingerprint density at radius 2 is 1.43 bits per heavy atom. The Hall–Kier alpha value is -0.0397. The summed E-state index contributed by atoms with van der Waals surface area (Å²) in [6, 6.07) is 12.5. The van der Waals surface area contributed by atoms with E-state index in [1.165, 1.54) is 0 Å². The minimum atomic E-state index is 0. The van der Waals surface area contributed by atoms with E-state index in [9.17, 15) is 0 Å². The van der Waals surface area contributed by atoms with E-state index in [1.807, 2.05) is 30.3 Å². The van der Waals surface area contributed by atoms with Crippen molar-refractivity contribution in [1.82, 2.24) is 0 Å². The largest absolute Gasteiger partial charge is 0.0622 e. The molecule has 0 saturated heterocycles. The zero-order valence-corrected chi connectivity index (χ0v) is 6.03. The molecular weight excluding hydrogens is 165 g/mol. The summed E-state index contributed by atoms with van der Waals surface area (Å²) in [5.41, 5.74) is 0. The molecule has 7 heavy (non-hydrogen) atoms. The zero-order chi connectivity index (χ0) is 4.24. The third kappa shape index (κ3) is 2.63. The fraction of sp³-hybridized carbons (Fsp3) is 0. The predicted molar refractivity (Wildman–Crippen MR) is 25.3 cm³/mol. The van der Waals surface area contributed by atoms with Crippen LogP contribution in [0.2, 0.25) is 0 Å². The predicted octanol–water partition coefficient (Wildman–Crippen LogP) is 1.48. The Balaban J connectivity index is 0.000000360. The first-order valence-electron chi connectivity index (χ1n) is 1.91. The summed E-state index contributed by atoms with van der Waals surface area (Å²) in [6.45, 7) is 0. The molecule has 0 N–H and O–H groups in total. The molecule has 0 aliphatic rings. The molecule has 0 nitrogen and oxygen atoms in total. The van der Waals surface area contributed by atoms with E-state index in [-0.39, 0.29) is 22.4 Å². The van der Waals surface area contributed by atoms with E-state index in [1.54, 1.807) is 0 Å². The SMILES string of the molecule is [Nb].[c]1ccccc1. The van der Waals surface area contributed by atoms with Crippen LogP contribution in [-0.2, 0) is 22.4 Å². The molecule has 0 aromatic heterocycles. The maximum atomic E-state index is 2.89. The third-order valence-corrected chi connectivity index (χ3v) is 0.607. The molecule has 34 valence electrons. The van der Waals surface area contributed by atoms with Crippen LogP contribution in [-0.4, -0.2) is 0 Å². The minimum Gasteiger partial charge on any atom is -0.0622 e. The van der Waals surface area contributed by atoms with Gasteiger partial charge in [0.1, 0.15) is 0 Å². The van der Waals surface area contributed by atoms with Gasteiger partial charge in [0.05, 0.1) is 0 Å². The van der Waals surface area contributed by atoms with Crippen molar-refractivity contribution in [3.05, 3.63) is 36.4 Å². The summed E-state index contributed by atoms with van der Waals surface area (Å²) in [7, 11) is 0. The average molecular weight is 170 g/mol. The van der Waals surface area contributed by atoms with Crippen LogP contribution < -0.4 is 0 Å². The Labute approximate surface area is 59.1 Å². The van der Waals surface area contributed by atoms with Gasteiger partial charge in [0, 0.05) is 22.4 Å². The van der Waals surface area contributed by atoms with E-state index < -0.39 is 0 Å². The van der Waals surface area contributed by atoms with Gasteiger partial charge in [-0.1, -0.05) is 30.3 Å². The Morgan fingerprint density at radius 1 is 0.857 bits per heavy atom. The maximum absolute atomic E-state index is 2.89. The van der Waals surface area contributed by atoms with Crippen molar-refractivity contribution in [3.8, 4) is 0 Å². The van der Waals surface area contributed by atoms with Crippen molar-refractivity contribution in [3.63, 3.8) is 0 Å². The first-order chi connectivity index (χ1) is 3.00. The summed E-state index contributed by atoms with van der Waals surface area (Å²) in [5.74, 6) is 0. The molecule has 1 rings (SSSR count). The topological polar surface area (TPSA) is 0 Å². The normalized spacial score (nSPS) is 6.86. The van der Waals surface area contributed by atoms with Gasteiger partial charge in [-0.15, -0.1) is 0 Å². The van der Waals surface area contributed by atoms with Crippen molar-refractivity contribution in [2.24, 2.45) is 0 Å². The van der Waals surface area contributed by atoms with Crippen molar-refractivity contribution in [2.45, 2.75) is 0 Å². The summed E-state index contributed by atoms with van der Waals surface area (Å²) in [4.78, 5) is 0. The molecule has 0 atom stereocenters. The molecule has 1 aromatic carbocycles. The summed E-state index contributed by atoms with van der Waals surface area (Å²) in [6.07, 6.45) is 0. The van der Waals surface area contributed by atoms with Gasteiger partial charge in [-0.3, -0.25) is 0 Å². The van der Waals surface area contributed by atoms with Gasteiger partial charge in [0.2, 0.25) is 0 Å². The second-order valence-electron chi connectivity index (χ2n) is 1.08. The standard InChI is InChI=1S/C6H5.Nb/c1-2-4-6-5-3-1;/h1-5H;. The smallest absolute Gasteiger partial charge is 0 e. The molecule has 0 heterocycles. The van der Waals surface area contributed by atoms with Gasteiger partial charge < -0.3 is 0 Å². The molecule has 0 aliphatic heterocycles. The monoisotopic (exact) mass is 170 g/mol. The molecule has 0 saturated carbocycles. The molecule has 1 heteroatoms. The van der Waals surface area contributed by atoms with Crippen molar-refractivity contribution in [2.75, 3.05) is 0 Å². The average Bonchev–Trinajstić information content (AvgIpc) is 1.72. The second kappa shape index (κ2) is 4.13. The molecule has 0 spiro atoms. The van der Waals surface area contributed by atoms with E-state index in [0.29, 0.717) is 0 Å². The van der Waals surface area contributed by atoms with Gasteiger partial charge >= 0.3 is 0 Å². The fourth-order valence-electron chi connectivity index (χ4n) is 0.342. The number of hydrogen-bond donors (Lipinski definition) is 0. The zero-order valence-electron chi connectivity index (χ0n) is 3.83. The van der Waals surface area contributed by atoms with E-state index >= 15 is 0 Å². The molecule has 0 fully saturated rings. The van der Waals surface area contributed by atoms with E-state index in [0.717, 1.165) is 0 Å². The van der Waals surface area contributed by atoms with Crippen molar-refractivity contribution in [1.29, 1.82) is 0 Å². The van der Waals surface area contributed by atoms with E-state index in [2.05, 4.69) is 6.07 Å². The van der Waals surface area contributed by atoms with Gasteiger partial charge in [-0.2, -0.15) is 0 Å². The van der Waals surface area contributed by atoms with Crippen LogP contribution in [0.25, 0.3) is 0 Å². The molecule has 0 bridgehead atoms. The number of rotatable bonds is 0. The van der Waals surface area contributed by atoms with Crippen LogP contribution in [0.1, 0.15) is 0 Å². The van der Waals surface area contributed by atoms with Crippen LogP contribution in [0.5, 0.6) is 0 Å². The minimum absolute atomic E-state index is 0. The Bertz CT molecular complexity index is 76.1. The van der Waals surface area contributed by atoms with Gasteiger partial charge in [0.25, 0.3) is 0 Å². The van der Waals surface area contributed by atoms with Crippen LogP contribution in [0, 0.1) is 6.07 Å². The Morgan fingerprint density at radius 3 is 1.57 bits per heavy atom. The quantitative estimate of drug-likeness (QED) is 0.517. The molecule has 0 amide bonds. The second-order valence-corrected chi connectivity index (χ2v) is 1.08. The molecule has 0 aliphatic carbocycles. The molecule has 0 unspecified atom stereocenters. The molecule has 2 radical (unpaired) electrons. The molecular formula is C6H5Nb. The van der Waals surface area contributed by atoms with Crippen molar-refractivity contribution < 1.29 is 22.4 Å². The van der Waals surface area contributed by atoms with Gasteiger partial charge in [0.15, 0.2) is 0 Å². The summed E-state index contributed by atoms with van der Waals surface area (Å²) >= 11 is 0. The first kappa shape index (κ1) is 6.96. The van der Waals surface area contributed by atoms with Crippen LogP contribution in [0.4, 0.5) is 0 Å². The van der Waals surface area contributed by atoms with Gasteiger partial charge in [-0.25, -0.2) is 0 Å². The first-order valence-corrected chi connectivity index (χ1v) is 1.91. The van der Waals surface area contributed by atoms with Crippen LogP contribution in [0.3, 0.4) is 0 Å². The summed E-state index contributed by atoms with van der Waals surface area (Å²) in [5, 5.41) is 0. The van der Waals surface area contributed by atoms with E-state index in [4.69, 9.17) is 0 Å². The maximum Gasteiger partial charge on any atom is 0 e.